The molecule has 0 bridgehead atoms. The summed E-state index contributed by atoms with van der Waals surface area (Å²) in [5.74, 6) is 0. The first-order valence-corrected chi connectivity index (χ1v) is 7.00. The Kier molecular flexibility index (Phi) is 5.65. The molecule has 0 atom stereocenters. The monoisotopic (exact) mass is 270 g/mol. The molecular weight excluding hydrogens is 248 g/mol. The highest BCUT2D eigenvalue weighted by Crippen LogP contribution is 2.06. The van der Waals surface area contributed by atoms with Crippen molar-refractivity contribution in [1.29, 1.82) is 0 Å². The molecule has 20 heavy (non-hydrogen) atoms. The second-order valence-corrected chi connectivity index (χ2v) is 4.97. The van der Waals surface area contributed by atoms with E-state index in [-0.39, 0.29) is 0 Å². The quantitative estimate of drug-likeness (QED) is 0.837. The van der Waals surface area contributed by atoms with Crippen LogP contribution < -0.4 is 5.32 Å². The number of aromatic nitrogens is 2. The second-order valence-electron chi connectivity index (χ2n) is 4.97. The smallest absolute Gasteiger partial charge is 0.0544 e. The zero-order valence-electron chi connectivity index (χ0n) is 12.2. The molecule has 0 saturated carbocycles. The molecular formula is C16H22N4. The fourth-order valence-electron chi connectivity index (χ4n) is 2.06. The normalized spacial score (nSPS) is 10.9. The predicted octanol–water partition coefficient (Wildman–Crippen LogP) is 2.22. The van der Waals surface area contributed by atoms with Crippen molar-refractivity contribution >= 4 is 0 Å². The molecule has 0 amide bonds. The van der Waals surface area contributed by atoms with Crippen LogP contribution in [0.2, 0.25) is 0 Å². The van der Waals surface area contributed by atoms with Gasteiger partial charge in [-0.15, -0.1) is 0 Å². The molecule has 2 aromatic heterocycles. The van der Waals surface area contributed by atoms with Crippen LogP contribution >= 0.6 is 0 Å². The fourth-order valence-corrected chi connectivity index (χ4v) is 2.06. The lowest BCUT2D eigenvalue weighted by atomic mass is 10.2. The molecule has 0 aromatic carbocycles. The van der Waals surface area contributed by atoms with Crippen LogP contribution in [0.15, 0.2) is 42.9 Å². The van der Waals surface area contributed by atoms with Crippen LogP contribution in [0.3, 0.4) is 0 Å². The van der Waals surface area contributed by atoms with Gasteiger partial charge in [0, 0.05) is 38.2 Å². The van der Waals surface area contributed by atoms with E-state index in [1.54, 1.807) is 6.20 Å². The summed E-state index contributed by atoms with van der Waals surface area (Å²) in [6.07, 6.45) is 5.66. The Bertz CT molecular complexity index is 496. The number of hydrogen-bond acceptors (Lipinski definition) is 4. The molecule has 0 radical (unpaired) electrons. The summed E-state index contributed by atoms with van der Waals surface area (Å²) in [4.78, 5) is 10.9. The van der Waals surface area contributed by atoms with Gasteiger partial charge in [0.25, 0.3) is 0 Å². The Morgan fingerprint density at radius 3 is 2.65 bits per heavy atom. The van der Waals surface area contributed by atoms with Crippen molar-refractivity contribution in [2.75, 3.05) is 13.6 Å². The molecule has 0 saturated heterocycles. The van der Waals surface area contributed by atoms with Crippen molar-refractivity contribution in [2.24, 2.45) is 0 Å². The third-order valence-electron chi connectivity index (χ3n) is 3.07. The molecule has 0 unspecified atom stereocenters. The van der Waals surface area contributed by atoms with Gasteiger partial charge in [-0.3, -0.25) is 14.9 Å². The van der Waals surface area contributed by atoms with E-state index in [0.717, 1.165) is 31.9 Å². The number of pyridine rings is 2. The van der Waals surface area contributed by atoms with Crippen LogP contribution in [0.4, 0.5) is 0 Å². The van der Waals surface area contributed by atoms with Gasteiger partial charge in [0.1, 0.15) is 0 Å². The maximum atomic E-state index is 4.52. The minimum atomic E-state index is 0.844. The van der Waals surface area contributed by atoms with Crippen LogP contribution in [-0.4, -0.2) is 28.5 Å². The summed E-state index contributed by atoms with van der Waals surface area (Å²) in [5.41, 5.74) is 3.54. The molecule has 0 aliphatic rings. The Hall–Kier alpha value is -1.78. The number of nitrogens with one attached hydrogen (secondary N) is 1. The lowest BCUT2D eigenvalue weighted by Gasteiger charge is -2.16. The highest BCUT2D eigenvalue weighted by molar-refractivity contribution is 5.14. The largest absolute Gasteiger partial charge is 0.313 e. The summed E-state index contributed by atoms with van der Waals surface area (Å²) >= 11 is 0. The second kappa shape index (κ2) is 7.72. The SMILES string of the molecule is CCNCc1ccc(CN(C)Cc2cccnc2)nc1. The van der Waals surface area contributed by atoms with Crippen LogP contribution in [0, 0.1) is 0 Å². The molecule has 2 heterocycles. The summed E-state index contributed by atoms with van der Waals surface area (Å²) in [6, 6.07) is 8.31. The first-order chi connectivity index (χ1) is 9.78. The van der Waals surface area contributed by atoms with Crippen molar-refractivity contribution in [3.63, 3.8) is 0 Å². The summed E-state index contributed by atoms with van der Waals surface area (Å²) in [5, 5.41) is 3.30. The van der Waals surface area contributed by atoms with Gasteiger partial charge < -0.3 is 5.32 Å². The summed E-state index contributed by atoms with van der Waals surface area (Å²) in [6.45, 7) is 5.70. The molecule has 0 aliphatic heterocycles. The molecule has 0 spiro atoms. The Balaban J connectivity index is 1.86. The number of nitrogens with zero attached hydrogens (tertiary/aromatic N) is 3. The van der Waals surface area contributed by atoms with Gasteiger partial charge in [0.2, 0.25) is 0 Å². The highest BCUT2D eigenvalue weighted by Gasteiger charge is 2.03. The molecule has 106 valence electrons. The molecule has 4 nitrogen and oxygen atoms in total. The summed E-state index contributed by atoms with van der Waals surface area (Å²) in [7, 11) is 2.10. The van der Waals surface area contributed by atoms with Crippen LogP contribution in [-0.2, 0) is 19.6 Å². The van der Waals surface area contributed by atoms with Crippen LogP contribution in [0.1, 0.15) is 23.7 Å². The van der Waals surface area contributed by atoms with Crippen molar-refractivity contribution in [1.82, 2.24) is 20.2 Å². The van der Waals surface area contributed by atoms with Gasteiger partial charge in [0.15, 0.2) is 0 Å². The fraction of sp³-hybridized carbons (Fsp3) is 0.375. The first-order valence-electron chi connectivity index (χ1n) is 7.00. The average molecular weight is 270 g/mol. The molecule has 0 fully saturated rings. The topological polar surface area (TPSA) is 41.0 Å². The predicted molar refractivity (Wildman–Crippen MR) is 81.0 cm³/mol. The van der Waals surface area contributed by atoms with Crippen molar-refractivity contribution in [3.8, 4) is 0 Å². The molecule has 0 aliphatic carbocycles. The lowest BCUT2D eigenvalue weighted by molar-refractivity contribution is 0.314. The Morgan fingerprint density at radius 2 is 2.00 bits per heavy atom. The van der Waals surface area contributed by atoms with E-state index in [0.29, 0.717) is 0 Å². The van der Waals surface area contributed by atoms with Gasteiger partial charge in [-0.05, 0) is 36.9 Å². The number of hydrogen-bond donors (Lipinski definition) is 1. The average Bonchev–Trinajstić information content (AvgIpc) is 2.47. The van der Waals surface area contributed by atoms with E-state index in [2.05, 4.69) is 52.4 Å². The van der Waals surface area contributed by atoms with E-state index >= 15 is 0 Å². The molecule has 2 aromatic rings. The zero-order valence-corrected chi connectivity index (χ0v) is 12.2. The molecule has 4 heteroatoms. The van der Waals surface area contributed by atoms with E-state index in [1.807, 2.05) is 18.5 Å². The van der Waals surface area contributed by atoms with Crippen LogP contribution in [0.5, 0.6) is 0 Å². The lowest BCUT2D eigenvalue weighted by Crippen LogP contribution is -2.18. The van der Waals surface area contributed by atoms with E-state index in [4.69, 9.17) is 0 Å². The zero-order chi connectivity index (χ0) is 14.2. The minimum absolute atomic E-state index is 0.844. The van der Waals surface area contributed by atoms with E-state index in [9.17, 15) is 0 Å². The Morgan fingerprint density at radius 1 is 1.10 bits per heavy atom. The molecule has 2 rings (SSSR count). The van der Waals surface area contributed by atoms with Gasteiger partial charge in [-0.2, -0.15) is 0 Å². The van der Waals surface area contributed by atoms with Gasteiger partial charge in [-0.1, -0.05) is 19.1 Å². The van der Waals surface area contributed by atoms with Crippen molar-refractivity contribution in [2.45, 2.75) is 26.6 Å². The standard InChI is InChI=1S/C16H22N4/c1-3-17-9-14-6-7-16(19-11-14)13-20(2)12-15-5-4-8-18-10-15/h4-8,10-11,17H,3,9,12-13H2,1-2H3. The number of rotatable bonds is 7. The van der Waals surface area contributed by atoms with E-state index < -0.39 is 0 Å². The first kappa shape index (κ1) is 14.6. The van der Waals surface area contributed by atoms with E-state index in [1.165, 1.54) is 11.1 Å². The minimum Gasteiger partial charge on any atom is -0.313 e. The highest BCUT2D eigenvalue weighted by atomic mass is 15.1. The summed E-state index contributed by atoms with van der Waals surface area (Å²) < 4.78 is 0. The third-order valence-corrected chi connectivity index (χ3v) is 3.07. The van der Waals surface area contributed by atoms with Gasteiger partial charge in [0.05, 0.1) is 5.69 Å². The van der Waals surface area contributed by atoms with Crippen molar-refractivity contribution in [3.05, 3.63) is 59.7 Å². The third kappa shape index (κ3) is 4.72. The maximum absolute atomic E-state index is 4.52. The van der Waals surface area contributed by atoms with Gasteiger partial charge in [-0.25, -0.2) is 0 Å². The van der Waals surface area contributed by atoms with Gasteiger partial charge >= 0.3 is 0 Å². The maximum Gasteiger partial charge on any atom is 0.0544 e. The van der Waals surface area contributed by atoms with Crippen molar-refractivity contribution < 1.29 is 0 Å². The Labute approximate surface area is 120 Å². The molecule has 1 N–H and O–H groups in total. The van der Waals surface area contributed by atoms with Crippen LogP contribution in [0.25, 0.3) is 0 Å².